The number of nitrogens with zero attached hydrogens (tertiary/aromatic N) is 1. The van der Waals surface area contributed by atoms with E-state index in [0.717, 1.165) is 4.47 Å². The fraction of sp³-hybridized carbons (Fsp3) is 0. The highest BCUT2D eigenvalue weighted by Crippen LogP contribution is 2.27. The lowest BCUT2D eigenvalue weighted by molar-refractivity contribution is 0.463. The van der Waals surface area contributed by atoms with Crippen LogP contribution in [0.2, 0.25) is 5.02 Å². The van der Waals surface area contributed by atoms with Gasteiger partial charge in [0.1, 0.15) is 10.8 Å². The van der Waals surface area contributed by atoms with Crippen molar-refractivity contribution >= 4 is 27.5 Å². The molecule has 0 fully saturated rings. The third-order valence-corrected chi connectivity index (χ3v) is 2.52. The van der Waals surface area contributed by atoms with E-state index >= 15 is 0 Å². The maximum absolute atomic E-state index is 5.91. The van der Waals surface area contributed by atoms with E-state index in [2.05, 4.69) is 20.9 Å². The van der Waals surface area contributed by atoms with E-state index in [1.807, 2.05) is 24.3 Å². The van der Waals surface area contributed by atoms with Gasteiger partial charge in [-0.15, -0.1) is 0 Å². The van der Waals surface area contributed by atoms with Crippen LogP contribution in [0.3, 0.4) is 0 Å². The minimum absolute atomic E-state index is 0.414. The lowest BCUT2D eigenvalue weighted by Gasteiger charge is -2.05. The molecule has 2 nitrogen and oxygen atoms in total. The number of pyridine rings is 1. The highest BCUT2D eigenvalue weighted by Gasteiger charge is 2.03. The number of ether oxygens (including phenoxy) is 1. The average Bonchev–Trinajstić information content (AvgIpc) is 2.22. The van der Waals surface area contributed by atoms with Gasteiger partial charge in [-0.25, -0.2) is 4.98 Å². The summed E-state index contributed by atoms with van der Waals surface area (Å²) in [5.41, 5.74) is 0. The first-order chi connectivity index (χ1) is 7.25. The van der Waals surface area contributed by atoms with Gasteiger partial charge in [0.2, 0.25) is 5.88 Å². The molecule has 1 aromatic heterocycles. The van der Waals surface area contributed by atoms with E-state index in [-0.39, 0.29) is 0 Å². The second-order valence-electron chi connectivity index (χ2n) is 2.85. The summed E-state index contributed by atoms with van der Waals surface area (Å²) in [5, 5.41) is 0.498. The van der Waals surface area contributed by atoms with Crippen molar-refractivity contribution in [1.29, 1.82) is 0 Å². The zero-order valence-corrected chi connectivity index (χ0v) is 9.99. The molecular formula is C11H7BrClNO. The first-order valence-corrected chi connectivity index (χ1v) is 5.47. The Morgan fingerprint density at radius 3 is 2.80 bits per heavy atom. The fourth-order valence-electron chi connectivity index (χ4n) is 1.09. The Morgan fingerprint density at radius 2 is 2.07 bits per heavy atom. The van der Waals surface area contributed by atoms with Crippen LogP contribution in [-0.2, 0) is 0 Å². The molecule has 0 saturated heterocycles. The van der Waals surface area contributed by atoms with Gasteiger partial charge in [-0.1, -0.05) is 33.6 Å². The van der Waals surface area contributed by atoms with Gasteiger partial charge in [0.05, 0.1) is 0 Å². The minimum Gasteiger partial charge on any atom is -0.438 e. The Hall–Kier alpha value is -1.06. The number of halogens is 2. The Bertz CT molecular complexity index is 476. The quantitative estimate of drug-likeness (QED) is 0.821. The Balaban J connectivity index is 2.26. The molecule has 1 aromatic carbocycles. The van der Waals surface area contributed by atoms with E-state index in [4.69, 9.17) is 16.3 Å². The van der Waals surface area contributed by atoms with Gasteiger partial charge in [0.25, 0.3) is 0 Å². The molecule has 1 heterocycles. The van der Waals surface area contributed by atoms with Crippen LogP contribution < -0.4 is 4.74 Å². The molecule has 15 heavy (non-hydrogen) atoms. The van der Waals surface area contributed by atoms with E-state index in [0.29, 0.717) is 16.7 Å². The van der Waals surface area contributed by atoms with Crippen LogP contribution in [-0.4, -0.2) is 4.98 Å². The van der Waals surface area contributed by atoms with Crippen LogP contribution in [0.4, 0.5) is 0 Å². The van der Waals surface area contributed by atoms with Crippen LogP contribution in [0, 0.1) is 0 Å². The van der Waals surface area contributed by atoms with Gasteiger partial charge < -0.3 is 4.74 Å². The Morgan fingerprint density at radius 1 is 1.20 bits per heavy atom. The van der Waals surface area contributed by atoms with Gasteiger partial charge in [0.15, 0.2) is 0 Å². The topological polar surface area (TPSA) is 22.1 Å². The Labute approximate surface area is 101 Å². The van der Waals surface area contributed by atoms with Crippen molar-refractivity contribution in [3.63, 3.8) is 0 Å². The van der Waals surface area contributed by atoms with E-state index in [1.165, 1.54) is 0 Å². The summed E-state index contributed by atoms with van der Waals surface area (Å²) >= 11 is 9.28. The van der Waals surface area contributed by atoms with Crippen LogP contribution in [0.25, 0.3) is 0 Å². The van der Waals surface area contributed by atoms with E-state index < -0.39 is 0 Å². The zero-order chi connectivity index (χ0) is 10.7. The standard InChI is InChI=1S/C11H7BrClNO/c12-8-3-1-4-9(7-8)15-11-10(13)5-2-6-14-11/h1-7H. The predicted octanol–water partition coefficient (Wildman–Crippen LogP) is 4.29. The van der Waals surface area contributed by atoms with Crippen molar-refractivity contribution in [3.05, 3.63) is 52.1 Å². The monoisotopic (exact) mass is 283 g/mol. The molecule has 0 atom stereocenters. The Kier molecular flexibility index (Phi) is 3.23. The number of hydrogen-bond donors (Lipinski definition) is 0. The average molecular weight is 285 g/mol. The van der Waals surface area contributed by atoms with Gasteiger partial charge in [-0.2, -0.15) is 0 Å². The molecule has 0 aliphatic rings. The SMILES string of the molecule is Clc1cccnc1Oc1cccc(Br)c1. The third-order valence-electron chi connectivity index (χ3n) is 1.74. The maximum atomic E-state index is 5.91. The van der Waals surface area contributed by atoms with Crippen LogP contribution in [0.5, 0.6) is 11.6 Å². The van der Waals surface area contributed by atoms with Crippen molar-refractivity contribution in [2.75, 3.05) is 0 Å². The van der Waals surface area contributed by atoms with Crippen molar-refractivity contribution in [2.45, 2.75) is 0 Å². The van der Waals surface area contributed by atoms with Gasteiger partial charge in [-0.05, 0) is 30.3 Å². The second kappa shape index (κ2) is 4.64. The summed E-state index contributed by atoms with van der Waals surface area (Å²) in [6.07, 6.45) is 1.64. The number of rotatable bonds is 2. The molecule has 0 amide bonds. The lowest BCUT2D eigenvalue weighted by Crippen LogP contribution is -1.87. The lowest BCUT2D eigenvalue weighted by atomic mass is 10.3. The van der Waals surface area contributed by atoms with Gasteiger partial charge in [0, 0.05) is 10.7 Å². The first kappa shape index (κ1) is 10.5. The predicted molar refractivity (Wildman–Crippen MR) is 63.5 cm³/mol. The second-order valence-corrected chi connectivity index (χ2v) is 4.17. The van der Waals surface area contributed by atoms with Crippen LogP contribution >= 0.6 is 27.5 Å². The first-order valence-electron chi connectivity index (χ1n) is 4.29. The molecule has 0 N–H and O–H groups in total. The molecule has 0 saturated carbocycles. The summed E-state index contributed by atoms with van der Waals surface area (Å²) in [6.45, 7) is 0. The van der Waals surface area contributed by atoms with Crippen LogP contribution in [0.15, 0.2) is 47.1 Å². The summed E-state index contributed by atoms with van der Waals surface area (Å²) in [5.74, 6) is 1.11. The summed E-state index contributed by atoms with van der Waals surface area (Å²) in [4.78, 5) is 4.03. The maximum Gasteiger partial charge on any atom is 0.238 e. The van der Waals surface area contributed by atoms with Gasteiger partial charge >= 0.3 is 0 Å². The molecule has 0 unspecified atom stereocenters. The molecule has 0 aliphatic carbocycles. The van der Waals surface area contributed by atoms with Crippen molar-refractivity contribution in [1.82, 2.24) is 4.98 Å². The molecule has 2 aromatic rings. The van der Waals surface area contributed by atoms with E-state index in [9.17, 15) is 0 Å². The summed E-state index contributed by atoms with van der Waals surface area (Å²) in [6, 6.07) is 11.0. The largest absolute Gasteiger partial charge is 0.438 e. The minimum atomic E-state index is 0.414. The molecule has 0 spiro atoms. The van der Waals surface area contributed by atoms with Crippen LogP contribution in [0.1, 0.15) is 0 Å². The molecule has 4 heteroatoms. The van der Waals surface area contributed by atoms with Crippen molar-refractivity contribution in [3.8, 4) is 11.6 Å². The fourth-order valence-corrected chi connectivity index (χ4v) is 1.63. The zero-order valence-electron chi connectivity index (χ0n) is 7.65. The summed E-state index contributed by atoms with van der Waals surface area (Å²) < 4.78 is 6.47. The van der Waals surface area contributed by atoms with E-state index in [1.54, 1.807) is 18.3 Å². The highest BCUT2D eigenvalue weighted by atomic mass is 79.9. The van der Waals surface area contributed by atoms with Crippen molar-refractivity contribution in [2.24, 2.45) is 0 Å². The molecule has 2 rings (SSSR count). The number of hydrogen-bond acceptors (Lipinski definition) is 2. The molecule has 0 aliphatic heterocycles. The molecular weight excluding hydrogens is 277 g/mol. The number of benzene rings is 1. The normalized spacial score (nSPS) is 10.0. The van der Waals surface area contributed by atoms with Gasteiger partial charge in [-0.3, -0.25) is 0 Å². The third kappa shape index (κ3) is 2.70. The molecule has 76 valence electrons. The molecule has 0 radical (unpaired) electrons. The number of aromatic nitrogens is 1. The smallest absolute Gasteiger partial charge is 0.238 e. The highest BCUT2D eigenvalue weighted by molar-refractivity contribution is 9.10. The summed E-state index contributed by atoms with van der Waals surface area (Å²) in [7, 11) is 0. The van der Waals surface area contributed by atoms with Crippen molar-refractivity contribution < 1.29 is 4.74 Å². The molecule has 0 bridgehead atoms.